The number of methoxy groups -OCH3 is 1. The van der Waals surface area contributed by atoms with E-state index in [0.717, 1.165) is 17.4 Å². The number of amides is 1. The summed E-state index contributed by atoms with van der Waals surface area (Å²) in [6, 6.07) is 21.6. The first-order valence-corrected chi connectivity index (χ1v) is 14.3. The number of carbonyl (C=O) groups excluding carboxylic acids is 1. The van der Waals surface area contributed by atoms with E-state index < -0.39 is 21.7 Å². The number of nitrogens with one attached hydrogen (secondary N) is 3. The monoisotopic (exact) mass is 591 g/mol. The summed E-state index contributed by atoms with van der Waals surface area (Å²) in [6.07, 6.45) is 1.36. The number of ether oxygens (including phenoxy) is 1. The third-order valence-electron chi connectivity index (χ3n) is 5.77. The molecular weight excluding hydrogens is 569 g/mol. The van der Waals surface area contributed by atoms with Crippen molar-refractivity contribution in [2.24, 2.45) is 5.10 Å². The van der Waals surface area contributed by atoms with Crippen LogP contribution in [-0.4, -0.2) is 37.7 Å². The summed E-state index contributed by atoms with van der Waals surface area (Å²) in [5.74, 6) is -1.00. The Morgan fingerprint density at radius 2 is 1.80 bits per heavy atom. The number of halogens is 1. The third kappa shape index (κ3) is 6.26. The van der Waals surface area contributed by atoms with Crippen LogP contribution in [-0.2, 0) is 10.0 Å². The fourth-order valence-electron chi connectivity index (χ4n) is 3.79. The molecule has 41 heavy (non-hydrogen) atoms. The van der Waals surface area contributed by atoms with Crippen LogP contribution < -0.4 is 20.2 Å². The minimum absolute atomic E-state index is 0.0158. The molecule has 208 valence electrons. The molecular formula is C28H22FN5O5S2. The number of para-hydroxylation sites is 1. The number of nitrogens with zero attached hydrogens (tertiary/aromatic N) is 2. The maximum Gasteiger partial charge on any atom is 0.275 e. The number of hydrogen-bond donors (Lipinski definition) is 4. The first-order valence-electron chi connectivity index (χ1n) is 12.0. The predicted octanol–water partition coefficient (Wildman–Crippen LogP) is 5.46. The molecule has 1 heterocycles. The van der Waals surface area contributed by atoms with Crippen LogP contribution >= 0.6 is 11.3 Å². The van der Waals surface area contributed by atoms with Gasteiger partial charge in [-0.15, -0.1) is 0 Å². The maximum absolute atomic E-state index is 14.7. The smallest absolute Gasteiger partial charge is 0.275 e. The van der Waals surface area contributed by atoms with Crippen molar-refractivity contribution < 1.29 is 27.4 Å². The Balaban J connectivity index is 1.39. The fraction of sp³-hybridized carbons (Fsp3) is 0.0357. The van der Waals surface area contributed by atoms with Gasteiger partial charge in [-0.3, -0.25) is 9.52 Å². The summed E-state index contributed by atoms with van der Waals surface area (Å²) in [5, 5.41) is 16.3. The van der Waals surface area contributed by atoms with Crippen LogP contribution in [0.25, 0.3) is 10.2 Å². The van der Waals surface area contributed by atoms with Gasteiger partial charge in [0.05, 0.1) is 39.7 Å². The van der Waals surface area contributed by atoms with Crippen LogP contribution in [0.15, 0.2) is 94.9 Å². The van der Waals surface area contributed by atoms with Gasteiger partial charge in [-0.05, 0) is 72.3 Å². The Bertz CT molecular complexity index is 1860. The van der Waals surface area contributed by atoms with Crippen molar-refractivity contribution in [1.82, 2.24) is 10.4 Å². The SMILES string of the molecule is COc1ccc(S(=O)(=O)Nc2nc3ccc(F)c(Nc4ccccc4)c3s2)cc1C(=O)N/N=C/c1ccc(O)cc1. The zero-order valence-electron chi connectivity index (χ0n) is 21.3. The van der Waals surface area contributed by atoms with Gasteiger partial charge in [0.15, 0.2) is 5.13 Å². The first-order chi connectivity index (χ1) is 19.7. The Kier molecular flexibility index (Phi) is 7.81. The molecule has 0 saturated heterocycles. The van der Waals surface area contributed by atoms with Gasteiger partial charge in [0.25, 0.3) is 15.9 Å². The average Bonchev–Trinajstić information content (AvgIpc) is 3.38. The van der Waals surface area contributed by atoms with Gasteiger partial charge >= 0.3 is 0 Å². The molecule has 0 atom stereocenters. The summed E-state index contributed by atoms with van der Waals surface area (Å²) in [7, 11) is -2.86. The molecule has 1 amide bonds. The first kappa shape index (κ1) is 27.6. The lowest BCUT2D eigenvalue weighted by Gasteiger charge is -2.10. The summed E-state index contributed by atoms with van der Waals surface area (Å²) in [4.78, 5) is 16.9. The standard InChI is InChI=1S/C28H22FN5O5S2/c1-39-24-14-11-20(15-21(24)27(36)33-30-16-17-7-9-19(35)10-8-17)41(37,38)34-28-32-23-13-12-22(29)25(26(23)40-28)31-18-5-3-2-4-6-18/h2-16,31,35H,1H3,(H,32,34)(H,33,36)/b30-16+. The van der Waals surface area contributed by atoms with Gasteiger partial charge in [0.1, 0.15) is 17.3 Å². The largest absolute Gasteiger partial charge is 0.508 e. The van der Waals surface area contributed by atoms with Crippen molar-refractivity contribution in [1.29, 1.82) is 0 Å². The lowest BCUT2D eigenvalue weighted by Crippen LogP contribution is -2.20. The number of fused-ring (bicyclic) bond motifs is 1. The van der Waals surface area contributed by atoms with Gasteiger partial charge in [-0.1, -0.05) is 29.5 Å². The molecule has 10 nitrogen and oxygen atoms in total. The number of rotatable bonds is 9. The van der Waals surface area contributed by atoms with Crippen molar-refractivity contribution in [2.75, 3.05) is 17.1 Å². The molecule has 0 aliphatic heterocycles. The van der Waals surface area contributed by atoms with Crippen molar-refractivity contribution in [3.63, 3.8) is 0 Å². The molecule has 0 aliphatic rings. The van der Waals surface area contributed by atoms with E-state index in [2.05, 4.69) is 25.6 Å². The summed E-state index contributed by atoms with van der Waals surface area (Å²) in [5.41, 5.74) is 4.11. The van der Waals surface area contributed by atoms with Crippen molar-refractivity contribution in [3.8, 4) is 11.5 Å². The number of benzene rings is 4. The molecule has 13 heteroatoms. The number of sulfonamides is 1. The number of anilines is 3. The van der Waals surface area contributed by atoms with Crippen LogP contribution in [0.3, 0.4) is 0 Å². The van der Waals surface area contributed by atoms with Gasteiger partial charge in [0, 0.05) is 5.69 Å². The second kappa shape index (κ2) is 11.6. The molecule has 5 rings (SSSR count). The number of thiazole rings is 1. The van der Waals surface area contributed by atoms with Gasteiger partial charge < -0.3 is 15.2 Å². The summed E-state index contributed by atoms with van der Waals surface area (Å²) >= 11 is 0.964. The highest BCUT2D eigenvalue weighted by Crippen LogP contribution is 2.36. The van der Waals surface area contributed by atoms with Crippen LogP contribution in [0, 0.1) is 5.82 Å². The molecule has 0 radical (unpaired) electrons. The number of phenolic OH excluding ortho intramolecular Hbond substituents is 1. The van der Waals surface area contributed by atoms with Crippen molar-refractivity contribution in [3.05, 3.63) is 102 Å². The molecule has 0 saturated carbocycles. The summed E-state index contributed by atoms with van der Waals surface area (Å²) < 4.78 is 49.3. The molecule has 0 aliphatic carbocycles. The normalized spacial score (nSPS) is 11.5. The third-order valence-corrected chi connectivity index (χ3v) is 8.24. The van der Waals surface area contributed by atoms with Crippen molar-refractivity contribution >= 4 is 60.2 Å². The van der Waals surface area contributed by atoms with E-state index in [1.807, 2.05) is 6.07 Å². The van der Waals surface area contributed by atoms with Crippen LogP contribution in [0.5, 0.6) is 11.5 Å². The average molecular weight is 592 g/mol. The van der Waals surface area contributed by atoms with Gasteiger partial charge in [0.2, 0.25) is 0 Å². The highest BCUT2D eigenvalue weighted by Gasteiger charge is 2.22. The van der Waals surface area contributed by atoms with Crippen LogP contribution in [0.4, 0.5) is 20.9 Å². The van der Waals surface area contributed by atoms with E-state index in [4.69, 9.17) is 4.74 Å². The van der Waals surface area contributed by atoms with E-state index in [0.29, 0.717) is 21.5 Å². The van der Waals surface area contributed by atoms with Crippen LogP contribution in [0.1, 0.15) is 15.9 Å². The number of carbonyl (C=O) groups is 1. The van der Waals surface area contributed by atoms with E-state index in [-0.39, 0.29) is 32.8 Å². The minimum atomic E-state index is -4.21. The second-order valence-corrected chi connectivity index (χ2v) is 11.2. The fourth-order valence-corrected chi connectivity index (χ4v) is 6.00. The van der Waals surface area contributed by atoms with Crippen molar-refractivity contribution in [2.45, 2.75) is 4.90 Å². The number of aromatic nitrogens is 1. The molecule has 4 aromatic carbocycles. The molecule has 4 N–H and O–H groups in total. The van der Waals surface area contributed by atoms with Crippen LogP contribution in [0.2, 0.25) is 0 Å². The van der Waals surface area contributed by atoms with E-state index in [1.54, 1.807) is 36.4 Å². The number of hydrogen-bond acceptors (Lipinski definition) is 9. The Morgan fingerprint density at radius 1 is 1.05 bits per heavy atom. The Morgan fingerprint density at radius 3 is 2.54 bits per heavy atom. The van der Waals surface area contributed by atoms with Gasteiger partial charge in [-0.2, -0.15) is 5.10 Å². The van der Waals surface area contributed by atoms with E-state index >= 15 is 0 Å². The lowest BCUT2D eigenvalue weighted by atomic mass is 10.2. The maximum atomic E-state index is 14.7. The van der Waals surface area contributed by atoms with Gasteiger partial charge in [-0.25, -0.2) is 23.2 Å². The number of phenols is 1. The molecule has 0 spiro atoms. The number of aromatic hydroxyl groups is 1. The lowest BCUT2D eigenvalue weighted by molar-refractivity contribution is 0.0952. The summed E-state index contributed by atoms with van der Waals surface area (Å²) in [6.45, 7) is 0. The molecule has 0 unspecified atom stereocenters. The quantitative estimate of drug-likeness (QED) is 0.132. The highest BCUT2D eigenvalue weighted by molar-refractivity contribution is 7.93. The Labute approximate surface area is 238 Å². The molecule has 0 bridgehead atoms. The molecule has 1 aromatic heterocycles. The topological polar surface area (TPSA) is 142 Å². The number of hydrazone groups is 1. The van der Waals surface area contributed by atoms with E-state index in [1.165, 1.54) is 49.7 Å². The predicted molar refractivity (Wildman–Crippen MR) is 156 cm³/mol. The minimum Gasteiger partial charge on any atom is -0.508 e. The molecule has 5 aromatic rings. The second-order valence-electron chi connectivity index (χ2n) is 8.54. The zero-order chi connectivity index (χ0) is 29.0. The Hall–Kier alpha value is -5.01. The molecule has 0 fully saturated rings. The van der Waals surface area contributed by atoms with E-state index in [9.17, 15) is 22.7 Å². The zero-order valence-corrected chi connectivity index (χ0v) is 23.0. The highest BCUT2D eigenvalue weighted by atomic mass is 32.2.